The molecule has 0 radical (unpaired) electrons. The Morgan fingerprint density at radius 1 is 0.933 bits per heavy atom. The fourth-order valence-electron chi connectivity index (χ4n) is 2.62. The van der Waals surface area contributed by atoms with Gasteiger partial charge in [0.15, 0.2) is 0 Å². The second-order valence-electron chi connectivity index (χ2n) is 5.03. The summed E-state index contributed by atoms with van der Waals surface area (Å²) >= 11 is 0. The molecule has 0 spiro atoms. The Morgan fingerprint density at radius 2 is 1.47 bits per heavy atom. The highest BCUT2D eigenvalue weighted by molar-refractivity contribution is 4.77. The summed E-state index contributed by atoms with van der Waals surface area (Å²) in [5.74, 6) is 1.75. The van der Waals surface area contributed by atoms with Crippen LogP contribution < -0.4 is 0 Å². The molecule has 0 aromatic rings. The van der Waals surface area contributed by atoms with Crippen molar-refractivity contribution in [3.05, 3.63) is 0 Å². The Hall–Kier alpha value is -0.0400. The lowest BCUT2D eigenvalue weighted by atomic mass is 9.81. The van der Waals surface area contributed by atoms with Crippen molar-refractivity contribution in [2.75, 3.05) is 13.6 Å². The van der Waals surface area contributed by atoms with E-state index >= 15 is 0 Å². The molecule has 3 atom stereocenters. The van der Waals surface area contributed by atoms with E-state index in [0.717, 1.165) is 17.9 Å². The Labute approximate surface area is 97.2 Å². The van der Waals surface area contributed by atoms with Crippen molar-refractivity contribution in [1.82, 2.24) is 4.90 Å². The Kier molecular flexibility index (Phi) is 8.13. The van der Waals surface area contributed by atoms with Gasteiger partial charge in [0.2, 0.25) is 0 Å². The molecule has 2 unspecified atom stereocenters. The van der Waals surface area contributed by atoms with Crippen molar-refractivity contribution in [3.8, 4) is 0 Å². The van der Waals surface area contributed by atoms with Crippen LogP contribution in [0.5, 0.6) is 0 Å². The average molecular weight is 213 g/mol. The standard InChI is InChI=1S/C14H31N/c1-7-10-12(4)14(11-8-2)13(5)15(6)9-3/h12-14H,7-11H2,1-6H3/t12-,13?,14?/m1/s1. The van der Waals surface area contributed by atoms with E-state index in [2.05, 4.69) is 46.6 Å². The van der Waals surface area contributed by atoms with E-state index in [9.17, 15) is 0 Å². The minimum Gasteiger partial charge on any atom is -0.304 e. The molecule has 92 valence electrons. The molecule has 1 heteroatoms. The van der Waals surface area contributed by atoms with Gasteiger partial charge in [-0.25, -0.2) is 0 Å². The van der Waals surface area contributed by atoms with Crippen LogP contribution in [-0.2, 0) is 0 Å². The highest BCUT2D eigenvalue weighted by Gasteiger charge is 2.24. The van der Waals surface area contributed by atoms with E-state index in [1.165, 1.54) is 32.2 Å². The van der Waals surface area contributed by atoms with Gasteiger partial charge < -0.3 is 4.90 Å². The number of hydrogen-bond donors (Lipinski definition) is 0. The summed E-state index contributed by atoms with van der Waals surface area (Å²) < 4.78 is 0. The van der Waals surface area contributed by atoms with Crippen molar-refractivity contribution >= 4 is 0 Å². The lowest BCUT2D eigenvalue weighted by Crippen LogP contribution is -2.38. The molecule has 0 aromatic carbocycles. The van der Waals surface area contributed by atoms with Crippen LogP contribution in [0.15, 0.2) is 0 Å². The smallest absolute Gasteiger partial charge is 0.00945 e. The Balaban J connectivity index is 4.34. The third-order valence-corrected chi connectivity index (χ3v) is 3.91. The van der Waals surface area contributed by atoms with E-state index < -0.39 is 0 Å². The van der Waals surface area contributed by atoms with Crippen LogP contribution in [0.25, 0.3) is 0 Å². The third-order valence-electron chi connectivity index (χ3n) is 3.91. The zero-order chi connectivity index (χ0) is 11.8. The van der Waals surface area contributed by atoms with Crippen LogP contribution in [0.3, 0.4) is 0 Å². The Morgan fingerprint density at radius 3 is 1.87 bits per heavy atom. The molecule has 0 N–H and O–H groups in total. The predicted octanol–water partition coefficient (Wildman–Crippen LogP) is 4.18. The van der Waals surface area contributed by atoms with E-state index in [1.54, 1.807) is 0 Å². The average Bonchev–Trinajstić information content (AvgIpc) is 2.24. The normalized spacial score (nSPS) is 17.8. The van der Waals surface area contributed by atoms with Crippen molar-refractivity contribution in [1.29, 1.82) is 0 Å². The number of nitrogens with zero attached hydrogens (tertiary/aromatic N) is 1. The number of rotatable bonds is 8. The quantitative estimate of drug-likeness (QED) is 0.584. The lowest BCUT2D eigenvalue weighted by molar-refractivity contribution is 0.142. The summed E-state index contributed by atoms with van der Waals surface area (Å²) in [7, 11) is 2.26. The topological polar surface area (TPSA) is 3.24 Å². The largest absolute Gasteiger partial charge is 0.304 e. The molecule has 0 rings (SSSR count). The molecular formula is C14H31N. The SMILES string of the molecule is CCCC(C(C)N(C)CC)[C@H](C)CCC. The van der Waals surface area contributed by atoms with Crippen LogP contribution >= 0.6 is 0 Å². The van der Waals surface area contributed by atoms with Crippen LogP contribution in [0.1, 0.15) is 60.3 Å². The molecule has 0 aliphatic rings. The first-order valence-electron chi connectivity index (χ1n) is 6.78. The molecule has 0 saturated heterocycles. The van der Waals surface area contributed by atoms with E-state index in [4.69, 9.17) is 0 Å². The highest BCUT2D eigenvalue weighted by Crippen LogP contribution is 2.27. The van der Waals surface area contributed by atoms with Gasteiger partial charge in [0.05, 0.1) is 0 Å². The molecule has 0 amide bonds. The van der Waals surface area contributed by atoms with Gasteiger partial charge in [-0.05, 0) is 38.8 Å². The van der Waals surface area contributed by atoms with Gasteiger partial charge in [-0.3, -0.25) is 0 Å². The zero-order valence-corrected chi connectivity index (χ0v) is 11.7. The molecule has 0 aromatic heterocycles. The third kappa shape index (κ3) is 5.01. The molecular weight excluding hydrogens is 182 g/mol. The summed E-state index contributed by atoms with van der Waals surface area (Å²) in [6.45, 7) is 12.9. The minimum absolute atomic E-state index is 0.733. The van der Waals surface area contributed by atoms with Crippen molar-refractivity contribution < 1.29 is 0 Å². The second kappa shape index (κ2) is 8.15. The van der Waals surface area contributed by atoms with Crippen molar-refractivity contribution in [2.45, 2.75) is 66.3 Å². The van der Waals surface area contributed by atoms with Crippen LogP contribution in [-0.4, -0.2) is 24.5 Å². The van der Waals surface area contributed by atoms with Gasteiger partial charge in [0, 0.05) is 6.04 Å². The van der Waals surface area contributed by atoms with Gasteiger partial charge >= 0.3 is 0 Å². The summed E-state index contributed by atoms with van der Waals surface area (Å²) in [5, 5.41) is 0. The molecule has 0 heterocycles. The number of hydrogen-bond acceptors (Lipinski definition) is 1. The van der Waals surface area contributed by atoms with Gasteiger partial charge in [0.1, 0.15) is 0 Å². The van der Waals surface area contributed by atoms with Gasteiger partial charge in [-0.15, -0.1) is 0 Å². The summed E-state index contributed by atoms with van der Waals surface area (Å²) in [6.07, 6.45) is 5.41. The molecule has 0 aliphatic heterocycles. The molecule has 0 bridgehead atoms. The fraction of sp³-hybridized carbons (Fsp3) is 1.00. The van der Waals surface area contributed by atoms with Crippen LogP contribution in [0.4, 0.5) is 0 Å². The first-order chi connectivity index (χ1) is 7.08. The summed E-state index contributed by atoms with van der Waals surface area (Å²) in [4.78, 5) is 2.49. The first-order valence-corrected chi connectivity index (χ1v) is 6.78. The zero-order valence-electron chi connectivity index (χ0n) is 11.7. The molecule has 0 aliphatic carbocycles. The summed E-state index contributed by atoms with van der Waals surface area (Å²) in [6, 6.07) is 0.733. The fourth-order valence-corrected chi connectivity index (χ4v) is 2.62. The van der Waals surface area contributed by atoms with E-state index in [1.807, 2.05) is 0 Å². The second-order valence-corrected chi connectivity index (χ2v) is 5.03. The molecule has 0 saturated carbocycles. The maximum atomic E-state index is 2.49. The molecule has 0 fully saturated rings. The van der Waals surface area contributed by atoms with Crippen molar-refractivity contribution in [3.63, 3.8) is 0 Å². The molecule has 1 nitrogen and oxygen atoms in total. The van der Waals surface area contributed by atoms with E-state index in [-0.39, 0.29) is 0 Å². The van der Waals surface area contributed by atoms with Crippen LogP contribution in [0, 0.1) is 11.8 Å². The molecule has 15 heavy (non-hydrogen) atoms. The first kappa shape index (κ1) is 15.0. The van der Waals surface area contributed by atoms with Crippen molar-refractivity contribution in [2.24, 2.45) is 11.8 Å². The highest BCUT2D eigenvalue weighted by atomic mass is 15.1. The maximum Gasteiger partial charge on any atom is 0.00945 e. The van der Waals surface area contributed by atoms with E-state index in [0.29, 0.717) is 0 Å². The van der Waals surface area contributed by atoms with Crippen LogP contribution in [0.2, 0.25) is 0 Å². The monoisotopic (exact) mass is 213 g/mol. The summed E-state index contributed by atoms with van der Waals surface area (Å²) in [5.41, 5.74) is 0. The minimum atomic E-state index is 0.733. The predicted molar refractivity (Wildman–Crippen MR) is 70.2 cm³/mol. The van der Waals surface area contributed by atoms with Gasteiger partial charge in [-0.2, -0.15) is 0 Å². The maximum absolute atomic E-state index is 2.49. The van der Waals surface area contributed by atoms with Gasteiger partial charge in [-0.1, -0.05) is 47.0 Å². The lowest BCUT2D eigenvalue weighted by Gasteiger charge is -2.35. The van der Waals surface area contributed by atoms with Gasteiger partial charge in [0.25, 0.3) is 0 Å². The Bertz CT molecular complexity index is 144.